The first-order valence-corrected chi connectivity index (χ1v) is 9.81. The van der Waals surface area contributed by atoms with Crippen molar-refractivity contribution >= 4 is 0 Å². The lowest BCUT2D eigenvalue weighted by Gasteiger charge is -2.32. The van der Waals surface area contributed by atoms with Crippen LogP contribution in [0.25, 0.3) is 0 Å². The van der Waals surface area contributed by atoms with Crippen molar-refractivity contribution in [3.8, 4) is 5.75 Å². The molecule has 1 aliphatic rings. The second-order valence-corrected chi connectivity index (χ2v) is 8.00. The maximum absolute atomic E-state index is 5.77. The number of benzene rings is 1. The van der Waals surface area contributed by atoms with E-state index in [0.717, 1.165) is 31.2 Å². The summed E-state index contributed by atoms with van der Waals surface area (Å²) >= 11 is 0. The van der Waals surface area contributed by atoms with E-state index in [1.807, 2.05) is 30.3 Å². The average Bonchev–Trinajstić information content (AvgIpc) is 2.67. The molecule has 138 valence electrons. The first-order valence-electron chi connectivity index (χ1n) is 9.81. The Labute approximate surface area is 154 Å². The molecule has 0 aliphatic heterocycles. The molecule has 1 aromatic rings. The van der Waals surface area contributed by atoms with Crippen LogP contribution in [-0.4, -0.2) is 18.7 Å². The Kier molecular flexibility index (Phi) is 8.27. The first kappa shape index (κ1) is 19.8. The van der Waals surface area contributed by atoms with Gasteiger partial charge in [-0.15, -0.1) is 0 Å². The topological polar surface area (TPSA) is 21.3 Å². The van der Waals surface area contributed by atoms with Gasteiger partial charge in [-0.3, -0.25) is 0 Å². The molecule has 0 saturated heterocycles. The third kappa shape index (κ3) is 8.40. The van der Waals surface area contributed by atoms with Crippen LogP contribution in [0, 0.1) is 11.8 Å². The van der Waals surface area contributed by atoms with Gasteiger partial charge in [0, 0.05) is 5.54 Å². The molecule has 1 aromatic carbocycles. The summed E-state index contributed by atoms with van der Waals surface area (Å²) < 4.78 is 5.77. The lowest BCUT2D eigenvalue weighted by molar-refractivity contribution is 0.251. The van der Waals surface area contributed by atoms with E-state index in [-0.39, 0.29) is 5.54 Å². The molecule has 0 radical (unpaired) electrons. The number of rotatable bonds is 8. The van der Waals surface area contributed by atoms with Gasteiger partial charge in [-0.2, -0.15) is 0 Å². The maximum atomic E-state index is 5.77. The van der Waals surface area contributed by atoms with E-state index in [1.165, 1.54) is 25.7 Å². The fraction of sp³-hybridized carbons (Fsp3) is 0.565. The van der Waals surface area contributed by atoms with E-state index in [4.69, 9.17) is 4.74 Å². The van der Waals surface area contributed by atoms with Gasteiger partial charge in [-0.1, -0.05) is 49.4 Å². The van der Waals surface area contributed by atoms with Crippen LogP contribution in [0.4, 0.5) is 0 Å². The number of nitrogens with one attached hydrogen (secondary N) is 1. The molecule has 0 amide bonds. The number of hydrogen-bond acceptors (Lipinski definition) is 2. The Morgan fingerprint density at radius 3 is 2.76 bits per heavy atom. The van der Waals surface area contributed by atoms with Gasteiger partial charge < -0.3 is 10.1 Å². The minimum Gasteiger partial charge on any atom is -0.494 e. The SMILES string of the molecule is CC1/C=C\C=C/CCC(CC(C)(C)NCCCOc2ccccc2)C1. The molecule has 2 atom stereocenters. The highest BCUT2D eigenvalue weighted by Crippen LogP contribution is 2.28. The second-order valence-electron chi connectivity index (χ2n) is 8.00. The van der Waals surface area contributed by atoms with E-state index < -0.39 is 0 Å². The molecule has 0 spiro atoms. The van der Waals surface area contributed by atoms with Crippen molar-refractivity contribution in [3.05, 3.63) is 54.6 Å². The Balaban J connectivity index is 1.69. The standard InChI is InChI=1S/C23H35NO/c1-20-12-7-4-5-8-13-21(18-20)19-23(2,3)24-16-11-17-25-22-14-9-6-10-15-22/h4-7,9-10,12,14-15,20-21,24H,8,11,13,16-19H2,1-3H3/b5-4-,12-7-. The van der Waals surface area contributed by atoms with Crippen molar-refractivity contribution < 1.29 is 4.74 Å². The molecular weight excluding hydrogens is 306 g/mol. The van der Waals surface area contributed by atoms with Gasteiger partial charge in [0.25, 0.3) is 0 Å². The maximum Gasteiger partial charge on any atom is 0.119 e. The van der Waals surface area contributed by atoms with Gasteiger partial charge >= 0.3 is 0 Å². The normalized spacial score (nSPS) is 24.0. The molecule has 0 fully saturated rings. The summed E-state index contributed by atoms with van der Waals surface area (Å²) in [6.07, 6.45) is 15.1. The van der Waals surface area contributed by atoms with Crippen LogP contribution in [0.2, 0.25) is 0 Å². The van der Waals surface area contributed by atoms with Crippen molar-refractivity contribution in [2.24, 2.45) is 11.8 Å². The molecule has 25 heavy (non-hydrogen) atoms. The van der Waals surface area contributed by atoms with Gasteiger partial charge in [0.05, 0.1) is 6.61 Å². The minimum atomic E-state index is 0.179. The molecule has 1 N–H and O–H groups in total. The monoisotopic (exact) mass is 341 g/mol. The van der Waals surface area contributed by atoms with Gasteiger partial charge in [0.15, 0.2) is 0 Å². The summed E-state index contributed by atoms with van der Waals surface area (Å²) in [4.78, 5) is 0. The zero-order chi connectivity index (χ0) is 18.0. The van der Waals surface area contributed by atoms with Crippen LogP contribution < -0.4 is 10.1 Å². The van der Waals surface area contributed by atoms with E-state index in [2.05, 4.69) is 50.4 Å². The Morgan fingerprint density at radius 2 is 1.96 bits per heavy atom. The molecular formula is C23H35NO. The highest BCUT2D eigenvalue weighted by Gasteiger charge is 2.23. The van der Waals surface area contributed by atoms with Gasteiger partial charge in [0.2, 0.25) is 0 Å². The number of hydrogen-bond donors (Lipinski definition) is 1. The minimum absolute atomic E-state index is 0.179. The molecule has 0 heterocycles. The largest absolute Gasteiger partial charge is 0.494 e. The van der Waals surface area contributed by atoms with Crippen LogP contribution in [0.5, 0.6) is 5.75 Å². The summed E-state index contributed by atoms with van der Waals surface area (Å²) in [6.45, 7) is 8.79. The third-order valence-electron chi connectivity index (χ3n) is 4.87. The third-order valence-corrected chi connectivity index (χ3v) is 4.87. The van der Waals surface area contributed by atoms with Crippen LogP contribution >= 0.6 is 0 Å². The van der Waals surface area contributed by atoms with Gasteiger partial charge in [0.1, 0.15) is 5.75 Å². The highest BCUT2D eigenvalue weighted by molar-refractivity contribution is 5.20. The van der Waals surface area contributed by atoms with Gasteiger partial charge in [-0.25, -0.2) is 0 Å². The molecule has 0 aromatic heterocycles. The summed E-state index contributed by atoms with van der Waals surface area (Å²) in [5.74, 6) is 2.41. The molecule has 0 bridgehead atoms. The molecule has 2 rings (SSSR count). The molecule has 2 nitrogen and oxygen atoms in total. The predicted octanol–water partition coefficient (Wildman–Crippen LogP) is 5.76. The highest BCUT2D eigenvalue weighted by atomic mass is 16.5. The Bertz CT molecular complexity index is 532. The van der Waals surface area contributed by atoms with Crippen molar-refractivity contribution in [2.75, 3.05) is 13.2 Å². The van der Waals surface area contributed by atoms with Crippen molar-refractivity contribution in [1.82, 2.24) is 5.32 Å². The first-order chi connectivity index (χ1) is 12.1. The molecule has 1 aliphatic carbocycles. The molecule has 2 heteroatoms. The van der Waals surface area contributed by atoms with E-state index in [9.17, 15) is 0 Å². The van der Waals surface area contributed by atoms with Crippen molar-refractivity contribution in [2.45, 2.75) is 58.4 Å². The lowest BCUT2D eigenvalue weighted by atomic mass is 9.82. The number of allylic oxidation sites excluding steroid dienone is 4. The molecule has 0 saturated carbocycles. The fourth-order valence-corrected chi connectivity index (χ4v) is 3.67. The Morgan fingerprint density at radius 1 is 1.16 bits per heavy atom. The van der Waals surface area contributed by atoms with Gasteiger partial charge in [-0.05, 0) is 76.5 Å². The van der Waals surface area contributed by atoms with E-state index in [1.54, 1.807) is 0 Å². The Hall–Kier alpha value is -1.54. The van der Waals surface area contributed by atoms with Crippen molar-refractivity contribution in [3.63, 3.8) is 0 Å². The fourth-order valence-electron chi connectivity index (χ4n) is 3.67. The van der Waals surface area contributed by atoms with Crippen LogP contribution in [0.3, 0.4) is 0 Å². The quantitative estimate of drug-likeness (QED) is 0.607. The summed E-state index contributed by atoms with van der Waals surface area (Å²) in [5, 5.41) is 3.74. The lowest BCUT2D eigenvalue weighted by Crippen LogP contribution is -2.42. The van der Waals surface area contributed by atoms with E-state index >= 15 is 0 Å². The van der Waals surface area contributed by atoms with Crippen LogP contribution in [0.15, 0.2) is 54.6 Å². The number of ether oxygens (including phenoxy) is 1. The van der Waals surface area contributed by atoms with Crippen LogP contribution in [-0.2, 0) is 0 Å². The average molecular weight is 342 g/mol. The molecule has 2 unspecified atom stereocenters. The smallest absolute Gasteiger partial charge is 0.119 e. The summed E-state index contributed by atoms with van der Waals surface area (Å²) in [5.41, 5.74) is 0.179. The summed E-state index contributed by atoms with van der Waals surface area (Å²) in [6, 6.07) is 10.1. The van der Waals surface area contributed by atoms with E-state index in [0.29, 0.717) is 5.92 Å². The summed E-state index contributed by atoms with van der Waals surface area (Å²) in [7, 11) is 0. The van der Waals surface area contributed by atoms with Crippen LogP contribution in [0.1, 0.15) is 52.9 Å². The predicted molar refractivity (Wildman–Crippen MR) is 108 cm³/mol. The van der Waals surface area contributed by atoms with Crippen molar-refractivity contribution in [1.29, 1.82) is 0 Å². The number of para-hydroxylation sites is 1. The zero-order valence-electron chi connectivity index (χ0n) is 16.2. The zero-order valence-corrected chi connectivity index (χ0v) is 16.2. The second kappa shape index (κ2) is 10.5.